The molecule has 10 rings (SSSR count). The quantitative estimate of drug-likeness (QED) is 0.138. The van der Waals surface area contributed by atoms with E-state index in [1.807, 2.05) is 29.8 Å². The second kappa shape index (κ2) is 15.6. The molecule has 0 N–H and O–H groups in total. The van der Waals surface area contributed by atoms with Crippen LogP contribution in [-0.4, -0.2) is 4.98 Å². The van der Waals surface area contributed by atoms with E-state index in [4.69, 9.17) is 0 Å². The van der Waals surface area contributed by atoms with Crippen LogP contribution in [0.15, 0.2) is 231 Å². The van der Waals surface area contributed by atoms with Gasteiger partial charge in [-0.25, -0.2) is 0 Å². The maximum absolute atomic E-state index is 4.53. The van der Waals surface area contributed by atoms with Gasteiger partial charge in [0.05, 0.1) is 22.3 Å². The summed E-state index contributed by atoms with van der Waals surface area (Å²) in [4.78, 5) is 11.6. The van der Waals surface area contributed by atoms with Crippen molar-refractivity contribution in [3.63, 3.8) is 0 Å². The Balaban J connectivity index is 1.20. The Morgan fingerprint density at radius 3 is 1.34 bits per heavy atom. The summed E-state index contributed by atoms with van der Waals surface area (Å²) >= 11 is 1.84. The highest BCUT2D eigenvalue weighted by Crippen LogP contribution is 2.50. The van der Waals surface area contributed by atoms with Crippen LogP contribution in [0.3, 0.4) is 0 Å². The zero-order chi connectivity index (χ0) is 38.7. The average Bonchev–Trinajstić information content (AvgIpc) is 3.67. The number of rotatable bonds is 10. The van der Waals surface area contributed by atoms with Crippen molar-refractivity contribution in [2.45, 2.75) is 0 Å². The van der Waals surface area contributed by atoms with E-state index in [2.05, 4.69) is 232 Å². The Morgan fingerprint density at radius 1 is 0.328 bits per heavy atom. The average molecular weight is 763 g/mol. The smallest absolute Gasteiger partial charge is 0.0661 e. The first-order valence-electron chi connectivity index (χ1n) is 19.4. The molecule has 4 nitrogen and oxygen atoms in total. The number of hydrogen-bond acceptors (Lipinski definition) is 5. The van der Waals surface area contributed by atoms with Crippen molar-refractivity contribution in [1.29, 1.82) is 0 Å². The van der Waals surface area contributed by atoms with E-state index in [9.17, 15) is 0 Å². The van der Waals surface area contributed by atoms with Crippen molar-refractivity contribution in [3.8, 4) is 11.1 Å². The van der Waals surface area contributed by atoms with Crippen molar-refractivity contribution in [3.05, 3.63) is 231 Å². The Morgan fingerprint density at radius 2 is 0.793 bits per heavy atom. The molecule has 0 amide bonds. The highest BCUT2D eigenvalue weighted by atomic mass is 32.1. The zero-order valence-electron chi connectivity index (χ0n) is 31.6. The number of pyridine rings is 1. The van der Waals surface area contributed by atoms with Gasteiger partial charge in [0.1, 0.15) is 0 Å². The van der Waals surface area contributed by atoms with E-state index in [0.717, 1.165) is 51.2 Å². The number of fused-ring (bicyclic) bond motifs is 3. The van der Waals surface area contributed by atoms with Gasteiger partial charge in [-0.15, -0.1) is 11.3 Å². The topological polar surface area (TPSA) is 22.6 Å². The van der Waals surface area contributed by atoms with Crippen molar-refractivity contribution < 1.29 is 0 Å². The van der Waals surface area contributed by atoms with Crippen LogP contribution in [0.5, 0.6) is 0 Å². The molecule has 0 unspecified atom stereocenters. The minimum atomic E-state index is 0.999. The van der Waals surface area contributed by atoms with Crippen LogP contribution < -0.4 is 14.7 Å². The van der Waals surface area contributed by atoms with Crippen molar-refractivity contribution in [1.82, 2.24) is 4.98 Å². The van der Waals surface area contributed by atoms with E-state index in [-0.39, 0.29) is 0 Å². The summed E-state index contributed by atoms with van der Waals surface area (Å²) < 4.78 is 2.41. The van der Waals surface area contributed by atoms with Crippen LogP contribution in [0.4, 0.5) is 51.2 Å². The second-order valence-corrected chi connectivity index (χ2v) is 15.1. The third-order valence-electron chi connectivity index (χ3n) is 10.5. The van der Waals surface area contributed by atoms with Crippen LogP contribution in [0.1, 0.15) is 0 Å². The predicted molar refractivity (Wildman–Crippen MR) is 247 cm³/mol. The fraction of sp³-hybridized carbons (Fsp3) is 0. The van der Waals surface area contributed by atoms with Gasteiger partial charge in [-0.2, -0.15) is 0 Å². The lowest BCUT2D eigenvalue weighted by molar-refractivity contribution is 1.23. The van der Waals surface area contributed by atoms with Crippen molar-refractivity contribution in [2.75, 3.05) is 14.7 Å². The van der Waals surface area contributed by atoms with Gasteiger partial charge in [0.2, 0.25) is 0 Å². The maximum Gasteiger partial charge on any atom is 0.0661 e. The van der Waals surface area contributed by atoms with Crippen LogP contribution in [0.2, 0.25) is 0 Å². The summed E-state index contributed by atoms with van der Waals surface area (Å²) in [5, 5.41) is 2.41. The molecular formula is C53H38N4S. The number of aromatic nitrogens is 1. The molecule has 0 saturated carbocycles. The summed E-state index contributed by atoms with van der Waals surface area (Å²) in [5.74, 6) is 0. The largest absolute Gasteiger partial charge is 0.310 e. The van der Waals surface area contributed by atoms with Gasteiger partial charge < -0.3 is 14.7 Å². The standard InChI is InChI=1S/C53H38N4S/c1-6-17-39(18-7-1)40-28-30-45(31-29-40)56(47-27-16-34-54-38-47)46-32-33-49-50-35-48(55(41-19-8-2-9-20-41)42-21-10-3-11-22-42)36-51(53(50)58-52(49)37-46)57(43-23-12-4-13-24-43)44-25-14-5-15-26-44/h1-38H. The molecule has 0 bridgehead atoms. The van der Waals surface area contributed by atoms with Crippen LogP contribution in [0.25, 0.3) is 31.3 Å². The Kier molecular flexibility index (Phi) is 9.40. The molecule has 2 heterocycles. The first kappa shape index (κ1) is 35.0. The fourth-order valence-corrected chi connectivity index (χ4v) is 9.04. The zero-order valence-corrected chi connectivity index (χ0v) is 32.5. The lowest BCUT2D eigenvalue weighted by Crippen LogP contribution is -2.13. The number of benzene rings is 8. The highest BCUT2D eigenvalue weighted by Gasteiger charge is 2.23. The normalized spacial score (nSPS) is 11.1. The highest BCUT2D eigenvalue weighted by molar-refractivity contribution is 7.26. The molecule has 0 aliphatic carbocycles. The SMILES string of the molecule is c1ccc(-c2ccc(N(c3cccnc3)c3ccc4c(c3)sc3c(N(c5ccccc5)c5ccccc5)cc(N(c5ccccc5)c5ccccc5)cc34)cc2)cc1. The van der Waals surface area contributed by atoms with Gasteiger partial charge in [-0.3, -0.25) is 4.98 Å². The van der Waals surface area contributed by atoms with Gasteiger partial charge in [-0.05, 0) is 108 Å². The first-order chi connectivity index (χ1) is 28.8. The second-order valence-electron chi connectivity index (χ2n) is 14.1. The molecule has 0 radical (unpaired) electrons. The van der Waals surface area contributed by atoms with Gasteiger partial charge in [0.15, 0.2) is 0 Å². The number of para-hydroxylation sites is 4. The molecule has 276 valence electrons. The number of anilines is 9. The van der Waals surface area contributed by atoms with Gasteiger partial charge in [0.25, 0.3) is 0 Å². The molecule has 5 heteroatoms. The summed E-state index contributed by atoms with van der Waals surface area (Å²) in [5.41, 5.74) is 12.1. The van der Waals surface area contributed by atoms with E-state index < -0.39 is 0 Å². The molecule has 0 fully saturated rings. The summed E-state index contributed by atoms with van der Waals surface area (Å²) in [6.45, 7) is 0. The van der Waals surface area contributed by atoms with Gasteiger partial charge >= 0.3 is 0 Å². The third-order valence-corrected chi connectivity index (χ3v) is 11.7. The molecule has 0 atom stereocenters. The maximum atomic E-state index is 4.53. The molecule has 0 saturated heterocycles. The fourth-order valence-electron chi connectivity index (χ4n) is 7.82. The van der Waals surface area contributed by atoms with E-state index in [0.29, 0.717) is 0 Å². The Bertz CT molecular complexity index is 2840. The molecule has 10 aromatic rings. The van der Waals surface area contributed by atoms with Crippen LogP contribution >= 0.6 is 11.3 Å². The van der Waals surface area contributed by atoms with Gasteiger partial charge in [-0.1, -0.05) is 121 Å². The van der Waals surface area contributed by atoms with Crippen LogP contribution in [-0.2, 0) is 0 Å². The number of nitrogens with zero attached hydrogens (tertiary/aromatic N) is 4. The molecule has 2 aromatic heterocycles. The van der Waals surface area contributed by atoms with E-state index in [1.165, 1.54) is 31.3 Å². The van der Waals surface area contributed by atoms with E-state index >= 15 is 0 Å². The first-order valence-corrected chi connectivity index (χ1v) is 20.3. The van der Waals surface area contributed by atoms with Crippen LogP contribution in [0, 0.1) is 0 Å². The lowest BCUT2D eigenvalue weighted by atomic mass is 10.0. The summed E-state index contributed by atoms with van der Waals surface area (Å²) in [6.07, 6.45) is 3.76. The van der Waals surface area contributed by atoms with E-state index in [1.54, 1.807) is 0 Å². The monoisotopic (exact) mass is 762 g/mol. The number of thiophene rings is 1. The summed E-state index contributed by atoms with van der Waals surface area (Å²) in [7, 11) is 0. The molecule has 0 aliphatic heterocycles. The van der Waals surface area contributed by atoms with Gasteiger partial charge in [0, 0.05) is 61.5 Å². The minimum absolute atomic E-state index is 0.999. The minimum Gasteiger partial charge on any atom is -0.310 e. The molecule has 58 heavy (non-hydrogen) atoms. The molecule has 0 spiro atoms. The number of hydrogen-bond donors (Lipinski definition) is 0. The summed E-state index contributed by atoms with van der Waals surface area (Å²) in [6, 6.07) is 77.7. The van der Waals surface area contributed by atoms with Crippen molar-refractivity contribution >= 4 is 82.7 Å². The van der Waals surface area contributed by atoms with Crippen molar-refractivity contribution in [2.24, 2.45) is 0 Å². The molecule has 0 aliphatic rings. The Hall–Kier alpha value is -7.47. The molecular weight excluding hydrogens is 725 g/mol. The molecule has 8 aromatic carbocycles. The lowest BCUT2D eigenvalue weighted by Gasteiger charge is -2.30. The third kappa shape index (κ3) is 6.74. The predicted octanol–water partition coefficient (Wildman–Crippen LogP) is 15.5. The Labute approximate surface area is 342 Å².